The van der Waals surface area contributed by atoms with Gasteiger partial charge in [-0.05, 0) is 30.9 Å². The molecule has 0 bridgehead atoms. The quantitative estimate of drug-likeness (QED) is 0.530. The molecule has 3 heteroatoms. The number of hydrazine groups is 1. The highest BCUT2D eigenvalue weighted by Crippen LogP contribution is 2.33. The Labute approximate surface area is 78.3 Å². The van der Waals surface area contributed by atoms with Gasteiger partial charge in [0.25, 0.3) is 0 Å². The molecular weight excluding hydrogens is 162 g/mol. The predicted octanol–water partition coefficient (Wildman–Crippen LogP) is 0.866. The third-order valence-corrected chi connectivity index (χ3v) is 2.56. The minimum absolute atomic E-state index is 0.412. The minimum atomic E-state index is 0.412. The summed E-state index contributed by atoms with van der Waals surface area (Å²) < 4.78 is 0. The van der Waals surface area contributed by atoms with Crippen LogP contribution in [0.3, 0.4) is 0 Å². The van der Waals surface area contributed by atoms with Gasteiger partial charge in [-0.3, -0.25) is 16.3 Å². The third kappa shape index (κ3) is 2.26. The van der Waals surface area contributed by atoms with Crippen molar-refractivity contribution in [2.75, 3.05) is 0 Å². The molecule has 2 rings (SSSR count). The summed E-state index contributed by atoms with van der Waals surface area (Å²) in [5, 5.41) is 0. The van der Waals surface area contributed by atoms with Gasteiger partial charge in [-0.25, -0.2) is 0 Å². The van der Waals surface area contributed by atoms with Crippen LogP contribution in [0.1, 0.15) is 18.5 Å². The Bertz CT molecular complexity index is 256. The van der Waals surface area contributed by atoms with E-state index in [2.05, 4.69) is 10.4 Å². The summed E-state index contributed by atoms with van der Waals surface area (Å²) in [6.45, 7) is 0. The van der Waals surface area contributed by atoms with Crippen molar-refractivity contribution in [2.45, 2.75) is 25.3 Å². The van der Waals surface area contributed by atoms with E-state index in [0.717, 1.165) is 18.0 Å². The zero-order valence-corrected chi connectivity index (χ0v) is 7.61. The van der Waals surface area contributed by atoms with Gasteiger partial charge in [0.1, 0.15) is 0 Å². The van der Waals surface area contributed by atoms with Crippen molar-refractivity contribution in [3.63, 3.8) is 0 Å². The molecule has 1 unspecified atom stereocenters. The van der Waals surface area contributed by atoms with Gasteiger partial charge in [0.05, 0.1) is 0 Å². The van der Waals surface area contributed by atoms with Crippen molar-refractivity contribution < 1.29 is 0 Å². The molecule has 0 spiro atoms. The number of nitrogens with zero attached hydrogens (tertiary/aromatic N) is 1. The van der Waals surface area contributed by atoms with E-state index >= 15 is 0 Å². The van der Waals surface area contributed by atoms with Gasteiger partial charge in [0.2, 0.25) is 0 Å². The van der Waals surface area contributed by atoms with Gasteiger partial charge in [-0.1, -0.05) is 6.07 Å². The summed E-state index contributed by atoms with van der Waals surface area (Å²) in [6.07, 6.45) is 5.39. The molecule has 13 heavy (non-hydrogen) atoms. The van der Waals surface area contributed by atoms with Crippen molar-refractivity contribution in [3.05, 3.63) is 30.1 Å². The normalized spacial score (nSPS) is 18.5. The summed E-state index contributed by atoms with van der Waals surface area (Å²) in [4.78, 5) is 4.28. The number of pyridine rings is 1. The molecule has 3 nitrogen and oxygen atoms in total. The molecule has 1 aliphatic rings. The van der Waals surface area contributed by atoms with Crippen LogP contribution in [0.4, 0.5) is 0 Å². The molecule has 1 fully saturated rings. The molecule has 0 aromatic carbocycles. The molecule has 1 heterocycles. The predicted molar refractivity (Wildman–Crippen MR) is 51.8 cm³/mol. The number of aromatic nitrogens is 1. The van der Waals surface area contributed by atoms with Crippen LogP contribution in [0.15, 0.2) is 24.4 Å². The lowest BCUT2D eigenvalue weighted by Crippen LogP contribution is -2.38. The van der Waals surface area contributed by atoms with Gasteiger partial charge in [-0.2, -0.15) is 0 Å². The van der Waals surface area contributed by atoms with Crippen molar-refractivity contribution in [1.82, 2.24) is 10.4 Å². The lowest BCUT2D eigenvalue weighted by molar-refractivity contribution is 0.468. The van der Waals surface area contributed by atoms with Crippen LogP contribution in [0.5, 0.6) is 0 Å². The Morgan fingerprint density at radius 2 is 2.38 bits per heavy atom. The maximum absolute atomic E-state index is 5.48. The van der Waals surface area contributed by atoms with Crippen LogP contribution in [-0.4, -0.2) is 11.0 Å². The summed E-state index contributed by atoms with van der Waals surface area (Å²) >= 11 is 0. The Kier molecular flexibility index (Phi) is 2.57. The maximum atomic E-state index is 5.48. The topological polar surface area (TPSA) is 50.9 Å². The molecule has 0 amide bonds. The first-order valence-electron chi connectivity index (χ1n) is 4.76. The Hall–Kier alpha value is -0.930. The lowest BCUT2D eigenvalue weighted by Gasteiger charge is -2.13. The van der Waals surface area contributed by atoms with Gasteiger partial charge in [0, 0.05) is 24.4 Å². The highest BCUT2D eigenvalue weighted by molar-refractivity contribution is 5.06. The maximum Gasteiger partial charge on any atom is 0.0419 e. The van der Waals surface area contributed by atoms with E-state index in [1.165, 1.54) is 12.8 Å². The molecule has 1 atom stereocenters. The second-order valence-electron chi connectivity index (χ2n) is 3.64. The van der Waals surface area contributed by atoms with Crippen molar-refractivity contribution in [2.24, 2.45) is 11.8 Å². The fourth-order valence-electron chi connectivity index (χ4n) is 1.60. The smallest absolute Gasteiger partial charge is 0.0419 e. The lowest BCUT2D eigenvalue weighted by atomic mass is 10.1. The second-order valence-corrected chi connectivity index (χ2v) is 3.64. The molecule has 70 valence electrons. The zero-order valence-electron chi connectivity index (χ0n) is 7.61. The molecule has 0 radical (unpaired) electrons. The average molecular weight is 177 g/mol. The van der Waals surface area contributed by atoms with Crippen molar-refractivity contribution >= 4 is 0 Å². The van der Waals surface area contributed by atoms with E-state index in [9.17, 15) is 0 Å². The fourth-order valence-corrected chi connectivity index (χ4v) is 1.60. The van der Waals surface area contributed by atoms with E-state index in [4.69, 9.17) is 5.84 Å². The SMILES string of the molecule is NNC(Cc1ccccn1)C1CC1. The molecule has 0 aliphatic heterocycles. The molecule has 3 N–H and O–H groups in total. The van der Waals surface area contributed by atoms with Crippen LogP contribution in [-0.2, 0) is 6.42 Å². The Morgan fingerprint density at radius 1 is 1.54 bits per heavy atom. The highest BCUT2D eigenvalue weighted by atomic mass is 15.2. The second kappa shape index (κ2) is 3.85. The first-order chi connectivity index (χ1) is 6.40. The zero-order chi connectivity index (χ0) is 9.10. The summed E-state index contributed by atoms with van der Waals surface area (Å²) in [5.41, 5.74) is 4.00. The molecule has 1 aromatic rings. The standard InChI is InChI=1S/C10H15N3/c11-13-10(8-4-5-8)7-9-3-1-2-6-12-9/h1-3,6,8,10,13H,4-5,7,11H2. The van der Waals surface area contributed by atoms with E-state index in [1.807, 2.05) is 24.4 Å². The largest absolute Gasteiger partial charge is 0.271 e. The van der Waals surface area contributed by atoms with E-state index in [1.54, 1.807) is 0 Å². The molecule has 1 aliphatic carbocycles. The number of nitrogens with one attached hydrogen (secondary N) is 1. The Morgan fingerprint density at radius 3 is 2.92 bits per heavy atom. The number of hydrogen-bond donors (Lipinski definition) is 2. The van der Waals surface area contributed by atoms with Crippen LogP contribution >= 0.6 is 0 Å². The average Bonchev–Trinajstić information content (AvgIpc) is 2.99. The van der Waals surface area contributed by atoms with Crippen LogP contribution in [0.2, 0.25) is 0 Å². The summed E-state index contributed by atoms with van der Waals surface area (Å²) in [6, 6.07) is 6.41. The van der Waals surface area contributed by atoms with Crippen LogP contribution in [0, 0.1) is 5.92 Å². The van der Waals surface area contributed by atoms with Crippen LogP contribution < -0.4 is 11.3 Å². The van der Waals surface area contributed by atoms with Gasteiger partial charge in [-0.15, -0.1) is 0 Å². The van der Waals surface area contributed by atoms with Crippen molar-refractivity contribution in [3.8, 4) is 0 Å². The van der Waals surface area contributed by atoms with E-state index in [-0.39, 0.29) is 0 Å². The van der Waals surface area contributed by atoms with Crippen LogP contribution in [0.25, 0.3) is 0 Å². The Balaban J connectivity index is 1.95. The molecule has 1 saturated carbocycles. The number of hydrogen-bond acceptors (Lipinski definition) is 3. The summed E-state index contributed by atoms with van der Waals surface area (Å²) in [7, 11) is 0. The monoisotopic (exact) mass is 177 g/mol. The van der Waals surface area contributed by atoms with E-state index < -0.39 is 0 Å². The van der Waals surface area contributed by atoms with Gasteiger partial charge >= 0.3 is 0 Å². The molecule has 0 saturated heterocycles. The third-order valence-electron chi connectivity index (χ3n) is 2.56. The first-order valence-corrected chi connectivity index (χ1v) is 4.76. The van der Waals surface area contributed by atoms with Gasteiger partial charge in [0.15, 0.2) is 0 Å². The number of nitrogens with two attached hydrogens (primary N) is 1. The summed E-state index contributed by atoms with van der Waals surface area (Å²) in [5.74, 6) is 6.25. The number of rotatable bonds is 4. The fraction of sp³-hybridized carbons (Fsp3) is 0.500. The molecular formula is C10H15N3. The highest BCUT2D eigenvalue weighted by Gasteiger charge is 2.30. The first kappa shape index (κ1) is 8.66. The molecule has 1 aromatic heterocycles. The van der Waals surface area contributed by atoms with Gasteiger partial charge < -0.3 is 0 Å². The minimum Gasteiger partial charge on any atom is -0.271 e. The van der Waals surface area contributed by atoms with E-state index in [0.29, 0.717) is 6.04 Å². The van der Waals surface area contributed by atoms with Crippen molar-refractivity contribution in [1.29, 1.82) is 0 Å².